The molecule has 0 saturated carbocycles. The highest BCUT2D eigenvalue weighted by Gasteiger charge is 2.22. The van der Waals surface area contributed by atoms with E-state index in [-0.39, 0.29) is 5.84 Å². The maximum Gasteiger partial charge on any atom is 0.124 e. The average molecular weight is 246 g/mol. The molecule has 0 unspecified atom stereocenters. The van der Waals surface area contributed by atoms with Crippen molar-refractivity contribution in [1.82, 2.24) is 4.90 Å². The van der Waals surface area contributed by atoms with Crippen molar-refractivity contribution in [2.24, 2.45) is 5.73 Å². The highest BCUT2D eigenvalue weighted by atomic mass is 15.2. The summed E-state index contributed by atoms with van der Waals surface area (Å²) in [6, 6.07) is 8.45. The van der Waals surface area contributed by atoms with Crippen LogP contribution in [-0.2, 0) is 0 Å². The van der Waals surface area contributed by atoms with E-state index >= 15 is 0 Å². The van der Waals surface area contributed by atoms with E-state index in [1.165, 1.54) is 12.8 Å². The summed E-state index contributed by atoms with van der Waals surface area (Å²) in [4.78, 5) is 4.64. The van der Waals surface area contributed by atoms with Gasteiger partial charge in [-0.3, -0.25) is 5.41 Å². The van der Waals surface area contributed by atoms with E-state index < -0.39 is 0 Å². The summed E-state index contributed by atoms with van der Waals surface area (Å²) in [5.74, 6) is 0.144. The van der Waals surface area contributed by atoms with E-state index in [1.807, 2.05) is 18.2 Å². The molecule has 1 heterocycles. The van der Waals surface area contributed by atoms with E-state index in [4.69, 9.17) is 11.1 Å². The second-order valence-corrected chi connectivity index (χ2v) is 5.08. The molecule has 1 saturated heterocycles. The van der Waals surface area contributed by atoms with Crippen LogP contribution in [0.1, 0.15) is 18.4 Å². The Bertz CT molecular complexity index is 422. The third kappa shape index (κ3) is 2.64. The van der Waals surface area contributed by atoms with Gasteiger partial charge in [-0.2, -0.15) is 0 Å². The van der Waals surface area contributed by atoms with Gasteiger partial charge in [-0.15, -0.1) is 0 Å². The number of benzene rings is 1. The lowest BCUT2D eigenvalue weighted by molar-refractivity contribution is 0.253. The highest BCUT2D eigenvalue weighted by Crippen LogP contribution is 2.24. The van der Waals surface area contributed by atoms with Crippen molar-refractivity contribution in [2.75, 3.05) is 32.1 Å². The van der Waals surface area contributed by atoms with Crippen LogP contribution in [0, 0.1) is 5.41 Å². The molecule has 0 aromatic heterocycles. The highest BCUT2D eigenvalue weighted by molar-refractivity contribution is 6.00. The van der Waals surface area contributed by atoms with Crippen LogP contribution in [0.2, 0.25) is 0 Å². The largest absolute Gasteiger partial charge is 0.384 e. The molecule has 1 fully saturated rings. The molecule has 0 bridgehead atoms. The van der Waals surface area contributed by atoms with E-state index in [1.54, 1.807) is 0 Å². The topological polar surface area (TPSA) is 56.4 Å². The fourth-order valence-electron chi connectivity index (χ4n) is 2.59. The van der Waals surface area contributed by atoms with E-state index in [2.05, 4.69) is 30.0 Å². The molecule has 0 atom stereocenters. The predicted molar refractivity (Wildman–Crippen MR) is 76.4 cm³/mol. The number of hydrogen-bond acceptors (Lipinski definition) is 3. The summed E-state index contributed by atoms with van der Waals surface area (Å²) < 4.78 is 0. The van der Waals surface area contributed by atoms with Crippen LogP contribution in [0.3, 0.4) is 0 Å². The number of amidine groups is 1. The number of hydrogen-bond donors (Lipinski definition) is 2. The van der Waals surface area contributed by atoms with Crippen molar-refractivity contribution < 1.29 is 0 Å². The fraction of sp³-hybridized carbons (Fsp3) is 0.500. The van der Waals surface area contributed by atoms with Crippen molar-refractivity contribution >= 4 is 11.5 Å². The Morgan fingerprint density at radius 2 is 1.94 bits per heavy atom. The third-order valence-electron chi connectivity index (χ3n) is 3.81. The third-order valence-corrected chi connectivity index (χ3v) is 3.81. The van der Waals surface area contributed by atoms with Crippen LogP contribution >= 0.6 is 0 Å². The lowest BCUT2D eigenvalue weighted by atomic mass is 10.0. The van der Waals surface area contributed by atoms with Gasteiger partial charge in [-0.1, -0.05) is 12.1 Å². The molecule has 98 valence electrons. The molecule has 2 rings (SSSR count). The number of rotatable bonds is 3. The standard InChI is InChI=1S/C14H22N4/c1-17-9-7-11(8-10-17)18(2)13-6-4-3-5-12(13)14(15)16/h3-6,11H,7-10H2,1-2H3,(H3,15,16). The summed E-state index contributed by atoms with van der Waals surface area (Å²) in [6.07, 6.45) is 2.33. The smallest absolute Gasteiger partial charge is 0.124 e. The summed E-state index contributed by atoms with van der Waals surface area (Å²) >= 11 is 0. The molecule has 0 radical (unpaired) electrons. The monoisotopic (exact) mass is 246 g/mol. The fourth-order valence-corrected chi connectivity index (χ4v) is 2.59. The van der Waals surface area contributed by atoms with Gasteiger partial charge in [0.2, 0.25) is 0 Å². The Kier molecular flexibility index (Phi) is 3.87. The first-order chi connectivity index (χ1) is 8.59. The molecule has 18 heavy (non-hydrogen) atoms. The number of nitrogen functional groups attached to an aromatic ring is 1. The molecule has 4 nitrogen and oxygen atoms in total. The molecule has 1 aromatic carbocycles. The van der Waals surface area contributed by atoms with E-state index in [9.17, 15) is 0 Å². The second-order valence-electron chi connectivity index (χ2n) is 5.08. The number of nitrogens with one attached hydrogen (secondary N) is 1. The van der Waals surface area contributed by atoms with Gasteiger partial charge >= 0.3 is 0 Å². The van der Waals surface area contributed by atoms with E-state index in [0.29, 0.717) is 6.04 Å². The normalized spacial score (nSPS) is 17.7. The molecule has 3 N–H and O–H groups in total. The number of piperidine rings is 1. The second kappa shape index (κ2) is 5.40. The van der Waals surface area contributed by atoms with Crippen LogP contribution in [0.25, 0.3) is 0 Å². The van der Waals surface area contributed by atoms with Crippen molar-refractivity contribution in [3.63, 3.8) is 0 Å². The van der Waals surface area contributed by atoms with Crippen molar-refractivity contribution in [3.8, 4) is 0 Å². The molecular weight excluding hydrogens is 224 g/mol. The van der Waals surface area contributed by atoms with Gasteiger partial charge in [0.15, 0.2) is 0 Å². The zero-order chi connectivity index (χ0) is 13.1. The molecule has 1 aromatic rings. The molecular formula is C14H22N4. The zero-order valence-electron chi connectivity index (χ0n) is 11.2. The van der Waals surface area contributed by atoms with Crippen LogP contribution in [0.15, 0.2) is 24.3 Å². The quantitative estimate of drug-likeness (QED) is 0.628. The SMILES string of the molecule is CN1CCC(N(C)c2ccccc2C(=N)N)CC1. The minimum atomic E-state index is 0.144. The van der Waals surface area contributed by atoms with Gasteiger partial charge in [-0.05, 0) is 45.1 Å². The van der Waals surface area contributed by atoms with Crippen LogP contribution in [-0.4, -0.2) is 44.0 Å². The summed E-state index contributed by atoms with van der Waals surface area (Å²) in [5, 5.41) is 7.66. The number of nitrogens with two attached hydrogens (primary N) is 1. The molecule has 4 heteroatoms. The van der Waals surface area contributed by atoms with Crippen LogP contribution in [0.5, 0.6) is 0 Å². The van der Waals surface area contributed by atoms with Gasteiger partial charge in [0.1, 0.15) is 5.84 Å². The first-order valence-corrected chi connectivity index (χ1v) is 6.44. The lowest BCUT2D eigenvalue weighted by Gasteiger charge is -2.37. The van der Waals surface area contributed by atoms with Crippen LogP contribution in [0.4, 0.5) is 5.69 Å². The van der Waals surface area contributed by atoms with Crippen molar-refractivity contribution in [3.05, 3.63) is 29.8 Å². The van der Waals surface area contributed by atoms with Crippen molar-refractivity contribution in [1.29, 1.82) is 5.41 Å². The van der Waals surface area contributed by atoms with Crippen LogP contribution < -0.4 is 10.6 Å². The molecule has 1 aliphatic heterocycles. The summed E-state index contributed by atoms with van der Waals surface area (Å²) in [5.41, 5.74) is 7.55. The molecule has 0 spiro atoms. The maximum absolute atomic E-state index is 7.66. The van der Waals surface area contributed by atoms with Crippen molar-refractivity contribution in [2.45, 2.75) is 18.9 Å². The Hall–Kier alpha value is -1.55. The molecule has 1 aliphatic rings. The summed E-state index contributed by atoms with van der Waals surface area (Å²) in [7, 11) is 4.28. The Morgan fingerprint density at radius 1 is 1.33 bits per heavy atom. The number of nitrogens with zero attached hydrogens (tertiary/aromatic N) is 2. The van der Waals surface area contributed by atoms with E-state index in [0.717, 1.165) is 24.3 Å². The Morgan fingerprint density at radius 3 is 2.56 bits per heavy atom. The minimum absolute atomic E-state index is 0.144. The lowest BCUT2D eigenvalue weighted by Crippen LogP contribution is -2.42. The number of anilines is 1. The number of para-hydroxylation sites is 1. The maximum atomic E-state index is 7.66. The zero-order valence-corrected chi connectivity index (χ0v) is 11.2. The van der Waals surface area contributed by atoms with Gasteiger partial charge in [0.05, 0.1) is 0 Å². The molecule has 0 aliphatic carbocycles. The average Bonchev–Trinajstić information content (AvgIpc) is 2.39. The minimum Gasteiger partial charge on any atom is -0.384 e. The van der Waals surface area contributed by atoms with Gasteiger partial charge in [0, 0.05) is 24.3 Å². The predicted octanol–water partition coefficient (Wildman–Crippen LogP) is 1.50. The first-order valence-electron chi connectivity index (χ1n) is 6.44. The van der Waals surface area contributed by atoms with Gasteiger partial charge in [0.25, 0.3) is 0 Å². The molecule has 0 amide bonds. The Balaban J connectivity index is 2.18. The van der Waals surface area contributed by atoms with Gasteiger partial charge < -0.3 is 15.5 Å². The van der Waals surface area contributed by atoms with Gasteiger partial charge in [-0.25, -0.2) is 0 Å². The summed E-state index contributed by atoms with van der Waals surface area (Å²) in [6.45, 7) is 2.27. The Labute approximate surface area is 109 Å². The number of likely N-dealkylation sites (tertiary alicyclic amines) is 1. The first kappa shape index (κ1) is 12.9.